The van der Waals surface area contributed by atoms with Crippen molar-refractivity contribution in [2.24, 2.45) is 4.99 Å². The predicted octanol–water partition coefficient (Wildman–Crippen LogP) is 16.2. The summed E-state index contributed by atoms with van der Waals surface area (Å²) in [6.45, 7) is 12.5. The minimum atomic E-state index is 0.0219. The van der Waals surface area contributed by atoms with Crippen molar-refractivity contribution >= 4 is 93.0 Å². The maximum absolute atomic E-state index is 12.8. The first-order chi connectivity index (χ1) is 71.8. The third-order valence-electron chi connectivity index (χ3n) is 25.5. The van der Waals surface area contributed by atoms with Gasteiger partial charge in [-0.05, 0) is 222 Å². The molecule has 0 radical (unpaired) electrons. The monoisotopic (exact) mass is 1920 g/mol. The second-order valence-electron chi connectivity index (χ2n) is 35.1. The first-order valence-corrected chi connectivity index (χ1v) is 48.2. The number of imidazole rings is 4. The number of nitrogens with one attached hydrogen (secondary N) is 3. The van der Waals surface area contributed by atoms with E-state index in [0.29, 0.717) is 130 Å². The lowest BCUT2D eigenvalue weighted by Crippen LogP contribution is -2.46. The van der Waals surface area contributed by atoms with Crippen LogP contribution >= 0.6 is 0 Å². The molecule has 4 fully saturated rings. The van der Waals surface area contributed by atoms with E-state index < -0.39 is 0 Å². The molecule has 6 aliphatic rings. The van der Waals surface area contributed by atoms with Gasteiger partial charge in [0.2, 0.25) is 0 Å². The van der Waals surface area contributed by atoms with Gasteiger partial charge < -0.3 is 55.5 Å². The number of aliphatic imine (C=N–C) groups is 1. The molecule has 4 amide bonds. The molecule has 5 N–H and O–H groups in total. The van der Waals surface area contributed by atoms with E-state index in [-0.39, 0.29) is 23.6 Å². The minimum absolute atomic E-state index is 0.0219. The molecule has 24 rings (SSSR count). The summed E-state index contributed by atoms with van der Waals surface area (Å²) in [6.07, 6.45) is 22.3. The fraction of sp³-hybridized carbons (Fsp3) is 0.162. The van der Waals surface area contributed by atoms with E-state index in [9.17, 15) is 19.2 Å². The summed E-state index contributed by atoms with van der Waals surface area (Å²) in [7, 11) is 0. The number of amides is 4. The Labute approximate surface area is 841 Å². The van der Waals surface area contributed by atoms with Crippen molar-refractivity contribution in [1.29, 1.82) is 0 Å². The van der Waals surface area contributed by atoms with Gasteiger partial charge in [-0.3, -0.25) is 33.0 Å². The second-order valence-corrected chi connectivity index (χ2v) is 35.1. The van der Waals surface area contributed by atoms with E-state index in [2.05, 4.69) is 134 Å². The van der Waals surface area contributed by atoms with Gasteiger partial charge in [0.15, 0.2) is 11.3 Å². The van der Waals surface area contributed by atoms with Crippen LogP contribution in [0, 0.1) is 54.3 Å². The first kappa shape index (κ1) is 93.7. The Morgan fingerprint density at radius 2 is 0.822 bits per heavy atom. The summed E-state index contributed by atoms with van der Waals surface area (Å²) >= 11 is 0. The molecule has 4 saturated heterocycles. The number of pyridine rings is 5. The number of benzene rings is 7. The molecule has 0 bridgehead atoms. The molecule has 29 heteroatoms. The van der Waals surface area contributed by atoms with Crippen LogP contribution in [0.4, 0.5) is 34.5 Å². The van der Waals surface area contributed by atoms with Gasteiger partial charge in [-0.15, -0.1) is 0 Å². The van der Waals surface area contributed by atoms with Crippen LogP contribution in [0.2, 0.25) is 0 Å². The van der Waals surface area contributed by atoms with Gasteiger partial charge in [0.1, 0.15) is 51.5 Å². The zero-order chi connectivity index (χ0) is 99.0. The number of aromatic nitrogens is 13. The van der Waals surface area contributed by atoms with Gasteiger partial charge >= 0.3 is 0 Å². The van der Waals surface area contributed by atoms with Crippen LogP contribution < -0.4 is 21.7 Å². The number of aryl methyl sites for hydroxylation is 1. The zero-order valence-electron chi connectivity index (χ0n) is 79.7. The highest BCUT2D eigenvalue weighted by atomic mass is 16.5. The van der Waals surface area contributed by atoms with Crippen LogP contribution in [-0.4, -0.2) is 217 Å². The predicted molar refractivity (Wildman–Crippen MR) is 563 cm³/mol. The average molecular weight is 1920 g/mol. The average Bonchev–Trinajstić information content (AvgIpc) is 1.65. The number of hydrogen-bond acceptors (Lipinski definition) is 21. The van der Waals surface area contributed by atoms with E-state index in [1.165, 1.54) is 5.56 Å². The summed E-state index contributed by atoms with van der Waals surface area (Å²) < 4.78 is 23.5. The number of fused-ring (bicyclic) bond motifs is 6. The number of carbonyl (C=O) groups is 4. The maximum Gasteiger partial charge on any atom is 0.254 e. The lowest BCUT2D eigenvalue weighted by molar-refractivity contribution is 0.0301. The number of morpholine rings is 3. The molecule has 0 saturated carbocycles. The SMILES string of the molecule is Cc1ccccc1Nc1cc(C#Cc2cnc3ccc(-c4ccc(C(=O)N5CCOCC5)cc4)nn23)ccn1.Nc1cc(C#Cc2cnc3ccc(-c4ccc(C(=O)N5CCNCC5)cc4)cn23)c2c(n1)CC=C2.O=C(c1ccc(-c2ccc3ncc(C#Cc4ccc5c(c4)N=CC5)n3c2)cc1)N1CCOCC1.O=C(c1ccc(-c2ccc3ncc(C#Cc4ccnc(Nc5ccccc5)c4)n3n2)cc1)N1CCOCC1. The van der Waals surface area contributed by atoms with Crippen LogP contribution in [0.25, 0.3) is 73.4 Å². The van der Waals surface area contributed by atoms with Gasteiger partial charge in [-0.2, -0.15) is 10.2 Å². The van der Waals surface area contributed by atoms with Gasteiger partial charge in [0.25, 0.3) is 23.6 Å². The molecule has 18 aromatic rings. The number of para-hydroxylation sites is 2. The Kier molecular flexibility index (Phi) is 28.0. The van der Waals surface area contributed by atoms with Crippen molar-refractivity contribution in [3.63, 3.8) is 0 Å². The highest BCUT2D eigenvalue weighted by Crippen LogP contribution is 2.32. The van der Waals surface area contributed by atoms with Gasteiger partial charge in [0.05, 0.1) is 87.2 Å². The lowest BCUT2D eigenvalue weighted by atomic mass is 10.0. The number of nitrogens with two attached hydrogens (primary N) is 1. The number of allylic oxidation sites excluding steroid dienone is 1. The van der Waals surface area contributed by atoms with E-state index in [4.69, 9.17) is 30.1 Å². The van der Waals surface area contributed by atoms with Crippen LogP contribution in [0.15, 0.2) is 309 Å². The minimum Gasteiger partial charge on any atom is -0.384 e. The molecule has 5 aliphatic heterocycles. The molecule has 0 spiro atoms. The smallest absolute Gasteiger partial charge is 0.254 e. The molecule has 7 aromatic carbocycles. The van der Waals surface area contributed by atoms with Crippen LogP contribution in [-0.2, 0) is 27.1 Å². The molecule has 11 aromatic heterocycles. The normalized spacial score (nSPS) is 13.8. The fourth-order valence-electron chi connectivity index (χ4n) is 17.5. The number of rotatable bonds is 12. The Morgan fingerprint density at radius 1 is 0.390 bits per heavy atom. The molecular formula is C117H96N22O7. The van der Waals surface area contributed by atoms with Crippen molar-refractivity contribution in [3.05, 3.63) is 394 Å². The molecule has 16 heterocycles. The Morgan fingerprint density at radius 3 is 1.33 bits per heavy atom. The quantitative estimate of drug-likeness (QED) is 0.0826. The van der Waals surface area contributed by atoms with Crippen LogP contribution in [0.1, 0.15) is 109 Å². The van der Waals surface area contributed by atoms with Crippen molar-refractivity contribution < 1.29 is 33.4 Å². The number of piperazine rings is 1. The second kappa shape index (κ2) is 43.6. The number of hydrogen-bond donors (Lipinski definition) is 4. The molecule has 716 valence electrons. The number of anilines is 5. The summed E-state index contributed by atoms with van der Waals surface area (Å²) in [5, 5.41) is 19.5. The first-order valence-electron chi connectivity index (χ1n) is 48.2. The highest BCUT2D eigenvalue weighted by molar-refractivity contribution is 5.97. The molecule has 29 nitrogen and oxygen atoms in total. The van der Waals surface area contributed by atoms with E-state index in [1.54, 1.807) is 46.2 Å². The lowest BCUT2D eigenvalue weighted by Gasteiger charge is -2.27. The van der Waals surface area contributed by atoms with Crippen LogP contribution in [0.5, 0.6) is 0 Å². The standard InChI is InChI=1S/C31H26N6O2.C30H24N6O2.C28H24N6O.C28H22N4O2/c1-22-4-2-3-5-27(22)34-29-20-23(14-15-32-29)6-11-26-21-33-30-13-12-28(35-37(26)30)24-7-9-25(10-8-24)31(38)36-16-18-39-19-17-36;37-30(35-16-18-38-19-17-35)24-9-7-23(8-10-24)27-12-13-29-32-21-26(36(29)34-27)11-6-22-14-15-31-28(20-22)33-25-4-2-1-3-5-25;29-26-16-21(24-2-1-3-25(24)32-26)8-10-23-17-31-27-11-9-22(18-34(23)27)19-4-6-20(7-5-19)28(35)33-14-12-30-13-15-33;33-28(31-13-15-34-16-14-31)23-6-4-21(5-7-23)24-8-10-27-30-18-25(32(27)19-24)9-2-20-1-3-22-11-12-29-26(22)17-20/h2-5,7-10,12-15,20-21H,16-19H2,1H3,(H,32,34);1-5,7-10,12-15,20-21H,16-19H2,(H,31,33);1-2,4-7,9,11,16-18,30H,3,12-15H2,(H2,29,32);1,3-8,10,12,17-19H,11,13-16H2. The van der Waals surface area contributed by atoms with E-state index in [0.717, 1.165) is 174 Å². The van der Waals surface area contributed by atoms with Crippen molar-refractivity contribution in [2.45, 2.75) is 19.8 Å². The molecule has 0 atom stereocenters. The third-order valence-corrected chi connectivity index (χ3v) is 25.5. The zero-order valence-corrected chi connectivity index (χ0v) is 79.7. The summed E-state index contributed by atoms with van der Waals surface area (Å²) in [5.41, 5.74) is 33.0. The van der Waals surface area contributed by atoms with Gasteiger partial charge in [0, 0.05) is 182 Å². The number of ether oxygens (including phenoxy) is 3. The Bertz CT molecular complexity index is 8310. The molecule has 146 heavy (non-hydrogen) atoms. The Balaban J connectivity index is 0.000000115. The summed E-state index contributed by atoms with van der Waals surface area (Å²) in [5.74, 6) is 27.9. The van der Waals surface area contributed by atoms with E-state index >= 15 is 0 Å². The van der Waals surface area contributed by atoms with E-state index in [1.807, 2.05) is 284 Å². The molecular weight excluding hydrogens is 1830 g/mol. The molecule has 1 aliphatic carbocycles. The Hall–Kier alpha value is -18.6. The maximum atomic E-state index is 12.8. The number of nitrogen functional groups attached to an aromatic ring is 1. The highest BCUT2D eigenvalue weighted by Gasteiger charge is 2.25. The van der Waals surface area contributed by atoms with Crippen LogP contribution in [0.3, 0.4) is 0 Å². The topological polar surface area (TPSA) is 317 Å². The third kappa shape index (κ3) is 21.9. The van der Waals surface area contributed by atoms with Gasteiger partial charge in [-0.25, -0.2) is 43.9 Å². The van der Waals surface area contributed by atoms with Crippen molar-refractivity contribution in [1.82, 2.24) is 87.8 Å². The summed E-state index contributed by atoms with van der Waals surface area (Å²) in [6, 6.07) is 79.8. The van der Waals surface area contributed by atoms with Gasteiger partial charge in [-0.1, -0.05) is 127 Å². The van der Waals surface area contributed by atoms with Crippen molar-refractivity contribution in [2.75, 3.05) is 121 Å². The largest absolute Gasteiger partial charge is 0.384 e. The number of carbonyl (C=O) groups excluding carboxylic acids is 4. The fourth-order valence-corrected chi connectivity index (χ4v) is 17.5. The van der Waals surface area contributed by atoms with Crippen molar-refractivity contribution in [3.8, 4) is 92.1 Å². The summed E-state index contributed by atoms with van der Waals surface area (Å²) in [4.78, 5) is 93.9. The molecule has 0 unspecified atom stereocenters. The number of nitrogens with zero attached hydrogens (tertiary/aromatic N) is 18.